The maximum absolute atomic E-state index is 13.3. The van der Waals surface area contributed by atoms with Crippen LogP contribution in [-0.2, 0) is 4.79 Å². The average molecular weight is 407 g/mol. The number of fused-ring (bicyclic) bond motifs is 1. The van der Waals surface area contributed by atoms with Crippen LogP contribution in [0, 0.1) is 11.7 Å². The lowest BCUT2D eigenvalue weighted by Crippen LogP contribution is -2.50. The molecule has 144 valence electrons. The summed E-state index contributed by atoms with van der Waals surface area (Å²) in [4.78, 5) is 14.9. The van der Waals surface area contributed by atoms with Gasteiger partial charge in [0.15, 0.2) is 4.34 Å². The zero-order chi connectivity index (χ0) is 18.6. The van der Waals surface area contributed by atoms with Crippen LogP contribution < -0.4 is 5.32 Å². The fraction of sp³-hybridized carbons (Fsp3) is 0.526. The van der Waals surface area contributed by atoms with Gasteiger partial charge >= 0.3 is 0 Å². The van der Waals surface area contributed by atoms with Gasteiger partial charge in [-0.1, -0.05) is 42.0 Å². The molecule has 1 N–H and O–H groups in total. The number of nitrogens with zero attached hydrogens (tertiary/aromatic N) is 3. The Bertz CT molecular complexity index is 798. The first-order valence-electron chi connectivity index (χ1n) is 9.47. The summed E-state index contributed by atoms with van der Waals surface area (Å²) in [5, 5.41) is 11.9. The van der Waals surface area contributed by atoms with E-state index in [0.717, 1.165) is 23.7 Å². The third-order valence-electron chi connectivity index (χ3n) is 5.37. The Hall–Kier alpha value is -1.67. The van der Waals surface area contributed by atoms with E-state index in [2.05, 4.69) is 20.4 Å². The molecule has 0 bridgehead atoms. The van der Waals surface area contributed by atoms with Crippen molar-refractivity contribution in [3.05, 3.63) is 30.1 Å². The van der Waals surface area contributed by atoms with Gasteiger partial charge in [-0.2, -0.15) is 0 Å². The van der Waals surface area contributed by atoms with Gasteiger partial charge in [-0.3, -0.25) is 4.79 Å². The van der Waals surface area contributed by atoms with Crippen LogP contribution in [0.3, 0.4) is 0 Å². The monoisotopic (exact) mass is 406 g/mol. The first-order chi connectivity index (χ1) is 13.2. The molecule has 2 fully saturated rings. The maximum atomic E-state index is 13.3. The Morgan fingerprint density at radius 1 is 1.26 bits per heavy atom. The van der Waals surface area contributed by atoms with Gasteiger partial charge in [0, 0.05) is 18.3 Å². The Labute approximate surface area is 166 Å². The van der Waals surface area contributed by atoms with Crippen LogP contribution in [0.2, 0.25) is 0 Å². The number of aromatic nitrogens is 2. The first-order valence-corrected chi connectivity index (χ1v) is 11.3. The van der Waals surface area contributed by atoms with Gasteiger partial charge < -0.3 is 10.2 Å². The number of likely N-dealkylation sites (tertiary alicyclic amines) is 1. The fourth-order valence-electron chi connectivity index (χ4n) is 4.15. The number of carbonyl (C=O) groups is 1. The SMILES string of the molecule is O=C(CSc1nnc(Nc2cccc(F)c2)s1)N1CCCC2CCCCC21. The molecule has 0 radical (unpaired) electrons. The van der Waals surface area contributed by atoms with E-state index >= 15 is 0 Å². The van der Waals surface area contributed by atoms with Crippen molar-refractivity contribution in [3.8, 4) is 0 Å². The molecule has 1 saturated heterocycles. The van der Waals surface area contributed by atoms with E-state index in [1.54, 1.807) is 12.1 Å². The van der Waals surface area contributed by atoms with Gasteiger partial charge in [-0.05, 0) is 49.8 Å². The largest absolute Gasteiger partial charge is 0.339 e. The molecule has 27 heavy (non-hydrogen) atoms. The van der Waals surface area contributed by atoms with Gasteiger partial charge in [0.25, 0.3) is 0 Å². The molecule has 4 rings (SSSR count). The van der Waals surface area contributed by atoms with Gasteiger partial charge in [0.2, 0.25) is 11.0 Å². The fourth-order valence-corrected chi connectivity index (χ4v) is 5.81. The number of amides is 1. The molecule has 2 atom stereocenters. The number of benzene rings is 1. The highest BCUT2D eigenvalue weighted by atomic mass is 32.2. The minimum atomic E-state index is -0.299. The Kier molecular flexibility index (Phi) is 5.92. The zero-order valence-corrected chi connectivity index (χ0v) is 16.7. The van der Waals surface area contributed by atoms with Crippen LogP contribution in [0.5, 0.6) is 0 Å². The van der Waals surface area contributed by atoms with Crippen LogP contribution in [0.25, 0.3) is 0 Å². The van der Waals surface area contributed by atoms with Crippen molar-refractivity contribution in [2.24, 2.45) is 5.92 Å². The van der Waals surface area contributed by atoms with Crippen molar-refractivity contribution in [1.29, 1.82) is 0 Å². The van der Waals surface area contributed by atoms with Crippen LogP contribution in [0.4, 0.5) is 15.2 Å². The number of carbonyl (C=O) groups excluding carboxylic acids is 1. The Balaban J connectivity index is 1.32. The maximum Gasteiger partial charge on any atom is 0.233 e. The number of hydrogen-bond donors (Lipinski definition) is 1. The smallest absolute Gasteiger partial charge is 0.233 e. The zero-order valence-electron chi connectivity index (χ0n) is 15.1. The number of hydrogen-bond acceptors (Lipinski definition) is 6. The molecule has 1 amide bonds. The number of nitrogens with one attached hydrogen (secondary N) is 1. The third-order valence-corrected chi connectivity index (χ3v) is 7.32. The van der Waals surface area contributed by atoms with Crippen LogP contribution in [0.1, 0.15) is 38.5 Å². The second kappa shape index (κ2) is 8.56. The van der Waals surface area contributed by atoms with E-state index in [4.69, 9.17) is 0 Å². The van der Waals surface area contributed by atoms with E-state index in [-0.39, 0.29) is 11.7 Å². The molecule has 0 spiro atoms. The lowest BCUT2D eigenvalue weighted by molar-refractivity contribution is -0.134. The van der Waals surface area contributed by atoms with Crippen molar-refractivity contribution < 1.29 is 9.18 Å². The average Bonchev–Trinajstić information content (AvgIpc) is 3.13. The number of piperidine rings is 1. The summed E-state index contributed by atoms with van der Waals surface area (Å²) in [7, 11) is 0. The summed E-state index contributed by atoms with van der Waals surface area (Å²) < 4.78 is 14.0. The van der Waals surface area contributed by atoms with E-state index < -0.39 is 0 Å². The number of rotatable bonds is 5. The molecule has 5 nitrogen and oxygen atoms in total. The number of anilines is 2. The molecular weight excluding hydrogens is 383 g/mol. The summed E-state index contributed by atoms with van der Waals surface area (Å²) in [6, 6.07) is 6.67. The molecule has 1 aromatic carbocycles. The number of thioether (sulfide) groups is 1. The van der Waals surface area contributed by atoms with Crippen LogP contribution in [-0.4, -0.2) is 39.3 Å². The second-order valence-electron chi connectivity index (χ2n) is 7.14. The molecule has 8 heteroatoms. The lowest BCUT2D eigenvalue weighted by Gasteiger charge is -2.44. The Morgan fingerprint density at radius 2 is 2.11 bits per heavy atom. The minimum Gasteiger partial charge on any atom is -0.339 e. The van der Waals surface area contributed by atoms with E-state index in [9.17, 15) is 9.18 Å². The third kappa shape index (κ3) is 4.60. The van der Waals surface area contributed by atoms with Gasteiger partial charge in [0.1, 0.15) is 5.82 Å². The van der Waals surface area contributed by atoms with Gasteiger partial charge in [0.05, 0.1) is 5.75 Å². The van der Waals surface area contributed by atoms with Crippen LogP contribution >= 0.6 is 23.1 Å². The van der Waals surface area contributed by atoms with E-state index in [1.807, 2.05) is 0 Å². The molecule has 2 aromatic rings. The quantitative estimate of drug-likeness (QED) is 0.730. The topological polar surface area (TPSA) is 58.1 Å². The molecule has 2 aliphatic rings. The predicted octanol–water partition coefficient (Wildman–Crippen LogP) is 4.69. The first kappa shape index (κ1) is 18.7. The molecule has 1 aromatic heterocycles. The highest BCUT2D eigenvalue weighted by molar-refractivity contribution is 8.01. The summed E-state index contributed by atoms with van der Waals surface area (Å²) in [6.45, 7) is 0.892. The Morgan fingerprint density at radius 3 is 3.00 bits per heavy atom. The second-order valence-corrected chi connectivity index (χ2v) is 9.34. The summed E-state index contributed by atoms with van der Waals surface area (Å²) in [6.07, 6.45) is 7.37. The van der Waals surface area contributed by atoms with Crippen molar-refractivity contribution in [1.82, 2.24) is 15.1 Å². The minimum absolute atomic E-state index is 0.214. The molecule has 2 unspecified atom stereocenters. The lowest BCUT2D eigenvalue weighted by atomic mass is 9.78. The van der Waals surface area contributed by atoms with Gasteiger partial charge in [-0.25, -0.2) is 4.39 Å². The highest BCUT2D eigenvalue weighted by Gasteiger charge is 2.35. The summed E-state index contributed by atoms with van der Waals surface area (Å²) in [5.74, 6) is 1.02. The molecule has 1 aliphatic carbocycles. The van der Waals surface area contributed by atoms with Gasteiger partial charge in [-0.15, -0.1) is 10.2 Å². The molecular formula is C19H23FN4OS2. The molecule has 1 saturated carbocycles. The normalized spacial score (nSPS) is 22.3. The predicted molar refractivity (Wildman–Crippen MR) is 107 cm³/mol. The van der Waals surface area contributed by atoms with Crippen LogP contribution in [0.15, 0.2) is 28.6 Å². The molecule has 2 heterocycles. The van der Waals surface area contributed by atoms with Crippen molar-refractivity contribution >= 4 is 39.8 Å². The van der Waals surface area contributed by atoms with Crippen molar-refractivity contribution in [2.45, 2.75) is 48.9 Å². The number of halogens is 1. The summed E-state index contributed by atoms with van der Waals surface area (Å²) >= 11 is 2.82. The van der Waals surface area contributed by atoms with Crippen molar-refractivity contribution in [2.75, 3.05) is 17.6 Å². The standard InChI is InChI=1S/C19H23FN4OS2/c20-14-7-3-8-15(11-14)21-18-22-23-19(27-18)26-12-17(25)24-10-4-6-13-5-1-2-9-16(13)24/h3,7-8,11,13,16H,1-2,4-6,9-10,12H2,(H,21,22). The van der Waals surface area contributed by atoms with E-state index in [0.29, 0.717) is 28.5 Å². The van der Waals surface area contributed by atoms with E-state index in [1.165, 1.54) is 60.9 Å². The highest BCUT2D eigenvalue weighted by Crippen LogP contribution is 2.36. The molecule has 1 aliphatic heterocycles. The summed E-state index contributed by atoms with van der Waals surface area (Å²) in [5.41, 5.74) is 0.635. The van der Waals surface area contributed by atoms with Crippen molar-refractivity contribution in [3.63, 3.8) is 0 Å².